The Morgan fingerprint density at radius 1 is 1.32 bits per heavy atom. The van der Waals surface area contributed by atoms with Gasteiger partial charge in [0, 0.05) is 36.1 Å². The molecule has 1 aromatic heterocycles. The lowest BCUT2D eigenvalue weighted by atomic mass is 9.99. The van der Waals surface area contributed by atoms with Crippen LogP contribution in [0.5, 0.6) is 5.88 Å². The monoisotopic (exact) mass is 493 g/mol. The molecule has 1 heterocycles. The molecule has 184 valence electrons. The average molecular weight is 494 g/mol. The Hall–Kier alpha value is -2.79. The normalized spacial score (nSPS) is 16.6. The molecule has 1 saturated carbocycles. The summed E-state index contributed by atoms with van der Waals surface area (Å²) in [5.41, 5.74) is 6.19. The smallest absolute Gasteiger partial charge is 0.275 e. The van der Waals surface area contributed by atoms with E-state index in [1.807, 2.05) is 6.92 Å². The summed E-state index contributed by atoms with van der Waals surface area (Å²) < 4.78 is 39.1. The number of nitrogens with two attached hydrogens (primary N) is 1. The molecule has 1 aliphatic rings. The molecule has 0 radical (unpaired) electrons. The van der Waals surface area contributed by atoms with Crippen LogP contribution >= 0.6 is 11.8 Å². The third-order valence-corrected chi connectivity index (χ3v) is 6.63. The van der Waals surface area contributed by atoms with Gasteiger partial charge in [0.25, 0.3) is 5.91 Å². The highest BCUT2D eigenvalue weighted by atomic mass is 32.2. The molecule has 8 nitrogen and oxygen atoms in total. The minimum Gasteiger partial charge on any atom is -0.476 e. The van der Waals surface area contributed by atoms with Crippen LogP contribution in [-0.2, 0) is 11.2 Å². The van der Waals surface area contributed by atoms with Crippen LogP contribution in [0.3, 0.4) is 0 Å². The molecule has 0 saturated heterocycles. The minimum atomic E-state index is -1.09. The number of hydrogen-bond acceptors (Lipinski definition) is 7. The highest BCUT2D eigenvalue weighted by molar-refractivity contribution is 8.15. The fraction of sp³-hybridized carbons (Fsp3) is 0.478. The molecule has 2 aromatic rings. The lowest BCUT2D eigenvalue weighted by Crippen LogP contribution is -2.33. The number of rotatable bonds is 10. The van der Waals surface area contributed by atoms with Crippen molar-refractivity contribution >= 4 is 28.5 Å². The van der Waals surface area contributed by atoms with Gasteiger partial charge in [-0.3, -0.25) is 9.79 Å². The summed E-state index contributed by atoms with van der Waals surface area (Å²) in [4.78, 5) is 24.7. The predicted molar refractivity (Wildman–Crippen MR) is 128 cm³/mol. The highest BCUT2D eigenvalue weighted by Crippen LogP contribution is 2.44. The minimum absolute atomic E-state index is 0.0166. The maximum absolute atomic E-state index is 14.6. The molecule has 1 aromatic carbocycles. The second-order valence-corrected chi connectivity index (χ2v) is 10.6. The standard InChI is InChI=1S/C23H29F2N5O3S/c1-22(5-6-22)12-33-18-11-28-17(10-29-18)20(31)30-15-7-14(19(25)16(24)8-15)9-23(2,13-32-4)34-21(26)27-3/h7-8,10-11H,5-6,9,12-13H2,1-4H3,(H2,26,27)(H,30,31)/t23-/m1/s1. The molecular weight excluding hydrogens is 464 g/mol. The van der Waals surface area contributed by atoms with E-state index in [0.717, 1.165) is 18.9 Å². The topological polar surface area (TPSA) is 112 Å². The first-order valence-corrected chi connectivity index (χ1v) is 11.5. The number of aliphatic imine (C=N–C) groups is 1. The van der Waals surface area contributed by atoms with Crippen molar-refractivity contribution in [2.75, 3.05) is 32.7 Å². The first-order chi connectivity index (χ1) is 16.1. The Kier molecular flexibility index (Phi) is 8.09. The van der Waals surface area contributed by atoms with Crippen molar-refractivity contribution in [2.45, 2.75) is 37.9 Å². The van der Waals surface area contributed by atoms with Crippen LogP contribution in [0.1, 0.15) is 42.7 Å². The number of benzene rings is 1. The van der Waals surface area contributed by atoms with E-state index < -0.39 is 22.3 Å². The first kappa shape index (κ1) is 25.8. The molecule has 1 atom stereocenters. The van der Waals surface area contributed by atoms with E-state index >= 15 is 0 Å². The van der Waals surface area contributed by atoms with Gasteiger partial charge in [0.15, 0.2) is 16.8 Å². The SMILES string of the molecule is CN=C(N)S[C@@](C)(COC)Cc1cc(NC(=O)c2cnc(OCC3(C)CC3)cn2)cc(F)c1F. The van der Waals surface area contributed by atoms with Gasteiger partial charge in [-0.25, -0.2) is 18.7 Å². The average Bonchev–Trinajstić information content (AvgIpc) is 3.53. The van der Waals surface area contributed by atoms with Gasteiger partial charge < -0.3 is 20.5 Å². The van der Waals surface area contributed by atoms with Crippen molar-refractivity contribution in [3.8, 4) is 5.88 Å². The maximum Gasteiger partial charge on any atom is 0.275 e. The van der Waals surface area contributed by atoms with Crippen LogP contribution in [0.15, 0.2) is 29.5 Å². The highest BCUT2D eigenvalue weighted by Gasteiger charge is 2.38. The number of amidine groups is 1. The molecule has 0 bridgehead atoms. The van der Waals surface area contributed by atoms with Gasteiger partial charge in [-0.05, 0) is 37.8 Å². The number of anilines is 1. The van der Waals surface area contributed by atoms with Gasteiger partial charge in [-0.1, -0.05) is 18.7 Å². The Morgan fingerprint density at radius 3 is 2.65 bits per heavy atom. The van der Waals surface area contributed by atoms with Crippen LogP contribution in [0, 0.1) is 17.0 Å². The van der Waals surface area contributed by atoms with E-state index in [1.165, 1.54) is 37.3 Å². The number of halogens is 2. The van der Waals surface area contributed by atoms with Gasteiger partial charge >= 0.3 is 0 Å². The number of nitrogens with one attached hydrogen (secondary N) is 1. The summed E-state index contributed by atoms with van der Waals surface area (Å²) in [6, 6.07) is 2.30. The molecule has 0 aliphatic heterocycles. The number of hydrogen-bond donors (Lipinski definition) is 2. The molecule has 1 aliphatic carbocycles. The maximum atomic E-state index is 14.6. The number of methoxy groups -OCH3 is 1. The third kappa shape index (κ3) is 6.86. The zero-order valence-electron chi connectivity index (χ0n) is 19.7. The van der Waals surface area contributed by atoms with Crippen molar-refractivity contribution in [3.05, 3.63) is 47.4 Å². The van der Waals surface area contributed by atoms with Gasteiger partial charge in [0.2, 0.25) is 5.88 Å². The number of thioether (sulfide) groups is 1. The van der Waals surface area contributed by atoms with Crippen molar-refractivity contribution in [1.29, 1.82) is 0 Å². The lowest BCUT2D eigenvalue weighted by Gasteiger charge is -2.28. The van der Waals surface area contributed by atoms with Crippen LogP contribution in [0.25, 0.3) is 0 Å². The second-order valence-electron chi connectivity index (χ2n) is 8.95. The molecule has 11 heteroatoms. The predicted octanol–water partition coefficient (Wildman–Crippen LogP) is 3.81. The van der Waals surface area contributed by atoms with Crippen molar-refractivity contribution in [3.63, 3.8) is 0 Å². The molecule has 34 heavy (non-hydrogen) atoms. The quantitative estimate of drug-likeness (QED) is 0.382. The fourth-order valence-corrected chi connectivity index (χ4v) is 4.28. The fourth-order valence-electron chi connectivity index (χ4n) is 3.28. The largest absolute Gasteiger partial charge is 0.476 e. The summed E-state index contributed by atoms with van der Waals surface area (Å²) in [7, 11) is 3.05. The summed E-state index contributed by atoms with van der Waals surface area (Å²) in [6.07, 6.45) is 4.95. The Morgan fingerprint density at radius 2 is 2.06 bits per heavy atom. The Bertz CT molecular complexity index is 1060. The molecule has 0 unspecified atom stereocenters. The zero-order valence-corrected chi connectivity index (χ0v) is 20.5. The van der Waals surface area contributed by atoms with Crippen molar-refractivity contribution < 1.29 is 23.0 Å². The molecule has 3 N–H and O–H groups in total. The summed E-state index contributed by atoms with van der Waals surface area (Å²) >= 11 is 1.20. The first-order valence-electron chi connectivity index (χ1n) is 10.7. The van der Waals surface area contributed by atoms with E-state index in [9.17, 15) is 13.6 Å². The second kappa shape index (κ2) is 10.6. The van der Waals surface area contributed by atoms with Gasteiger partial charge in [-0.15, -0.1) is 0 Å². The van der Waals surface area contributed by atoms with E-state index in [4.69, 9.17) is 15.2 Å². The Labute approximate surface area is 201 Å². The third-order valence-electron chi connectivity index (χ3n) is 5.48. The van der Waals surface area contributed by atoms with Crippen molar-refractivity contribution in [2.24, 2.45) is 16.1 Å². The van der Waals surface area contributed by atoms with Crippen LogP contribution in [0.4, 0.5) is 14.5 Å². The molecule has 1 amide bonds. The molecule has 3 rings (SSSR count). The van der Waals surface area contributed by atoms with Crippen LogP contribution < -0.4 is 15.8 Å². The molecular formula is C23H29F2N5O3S. The van der Waals surface area contributed by atoms with E-state index in [-0.39, 0.29) is 35.4 Å². The number of nitrogens with zero attached hydrogens (tertiary/aromatic N) is 3. The number of ether oxygens (including phenoxy) is 2. The van der Waals surface area contributed by atoms with E-state index in [0.29, 0.717) is 17.7 Å². The van der Waals surface area contributed by atoms with Crippen LogP contribution in [-0.4, -0.2) is 53.2 Å². The number of amides is 1. The van der Waals surface area contributed by atoms with Gasteiger partial charge in [-0.2, -0.15) is 0 Å². The summed E-state index contributed by atoms with van der Waals surface area (Å²) in [5.74, 6) is -2.37. The number of aromatic nitrogens is 2. The Balaban J connectivity index is 1.72. The number of carbonyl (C=O) groups excluding carboxylic acids is 1. The number of carbonyl (C=O) groups is 1. The molecule has 1 fully saturated rings. The summed E-state index contributed by atoms with van der Waals surface area (Å²) in [6.45, 7) is 4.70. The van der Waals surface area contributed by atoms with E-state index in [2.05, 4.69) is 27.2 Å². The van der Waals surface area contributed by atoms with E-state index in [1.54, 1.807) is 7.05 Å². The zero-order chi connectivity index (χ0) is 24.9. The van der Waals surface area contributed by atoms with Crippen molar-refractivity contribution in [1.82, 2.24) is 9.97 Å². The summed E-state index contributed by atoms with van der Waals surface area (Å²) in [5, 5.41) is 2.84. The van der Waals surface area contributed by atoms with Gasteiger partial charge in [0.05, 0.1) is 25.6 Å². The van der Waals surface area contributed by atoms with Gasteiger partial charge in [0.1, 0.15) is 5.69 Å². The lowest BCUT2D eigenvalue weighted by molar-refractivity contribution is 0.102. The van der Waals surface area contributed by atoms with Crippen LogP contribution in [0.2, 0.25) is 0 Å². The molecule has 0 spiro atoms.